The molecule has 2 aliphatic rings. The third kappa shape index (κ3) is 1.84. The molecule has 2 fully saturated rings. The first kappa shape index (κ1) is 8.98. The van der Waals surface area contributed by atoms with E-state index >= 15 is 0 Å². The van der Waals surface area contributed by atoms with Crippen molar-refractivity contribution in [2.24, 2.45) is 11.8 Å². The van der Waals surface area contributed by atoms with E-state index in [0.717, 1.165) is 39.1 Å². The van der Waals surface area contributed by atoms with Crippen molar-refractivity contribution in [2.45, 2.75) is 25.4 Å². The van der Waals surface area contributed by atoms with Crippen LogP contribution in [0.25, 0.3) is 0 Å². The van der Waals surface area contributed by atoms with Crippen LogP contribution in [0.3, 0.4) is 0 Å². The first-order valence-corrected chi connectivity index (χ1v) is 5.01. The monoisotopic (exact) mass is 181 g/mol. The second-order valence-electron chi connectivity index (χ2n) is 3.81. The number of nitriles is 1. The lowest BCUT2D eigenvalue weighted by Crippen LogP contribution is -2.30. The van der Waals surface area contributed by atoms with Crippen LogP contribution in [0, 0.1) is 23.2 Å². The second-order valence-corrected chi connectivity index (χ2v) is 3.81. The molecule has 0 amide bonds. The first-order chi connectivity index (χ1) is 6.42. The van der Waals surface area contributed by atoms with E-state index in [0.29, 0.717) is 5.92 Å². The Morgan fingerprint density at radius 1 is 1.08 bits per heavy atom. The van der Waals surface area contributed by atoms with Crippen molar-refractivity contribution < 1.29 is 9.47 Å². The van der Waals surface area contributed by atoms with Gasteiger partial charge in [0.15, 0.2) is 0 Å². The third-order valence-corrected chi connectivity index (χ3v) is 3.03. The minimum absolute atomic E-state index is 0.128. The van der Waals surface area contributed by atoms with E-state index in [2.05, 4.69) is 6.07 Å². The van der Waals surface area contributed by atoms with Crippen molar-refractivity contribution in [1.82, 2.24) is 0 Å². The molecule has 2 rings (SSSR count). The molecule has 0 N–H and O–H groups in total. The van der Waals surface area contributed by atoms with Crippen LogP contribution in [0.5, 0.6) is 0 Å². The van der Waals surface area contributed by atoms with Crippen molar-refractivity contribution in [3.8, 4) is 6.07 Å². The highest BCUT2D eigenvalue weighted by Gasteiger charge is 2.35. The molecule has 0 aromatic rings. The van der Waals surface area contributed by atoms with Crippen LogP contribution in [0.1, 0.15) is 19.3 Å². The van der Waals surface area contributed by atoms with E-state index in [-0.39, 0.29) is 12.0 Å². The van der Waals surface area contributed by atoms with Gasteiger partial charge in [0.05, 0.1) is 18.1 Å². The summed E-state index contributed by atoms with van der Waals surface area (Å²) in [5.41, 5.74) is 0. The summed E-state index contributed by atoms with van der Waals surface area (Å²) in [6.45, 7) is 2.44. The molecule has 3 heteroatoms. The minimum Gasteiger partial charge on any atom is -0.381 e. The molecule has 0 aliphatic carbocycles. The van der Waals surface area contributed by atoms with Crippen molar-refractivity contribution in [1.29, 1.82) is 5.26 Å². The van der Waals surface area contributed by atoms with Crippen LogP contribution in [0.4, 0.5) is 0 Å². The summed E-state index contributed by atoms with van der Waals surface area (Å²) in [5, 5.41) is 8.91. The van der Waals surface area contributed by atoms with Gasteiger partial charge in [-0.2, -0.15) is 5.26 Å². The molecule has 72 valence electrons. The Balaban J connectivity index is 1.94. The smallest absolute Gasteiger partial charge is 0.0763 e. The molecule has 13 heavy (non-hydrogen) atoms. The fraction of sp³-hybridized carbons (Fsp3) is 0.900. The molecule has 2 heterocycles. The molecule has 0 aromatic carbocycles. The topological polar surface area (TPSA) is 42.2 Å². The number of nitrogens with zero attached hydrogens (tertiary/aromatic N) is 1. The minimum atomic E-state index is 0.128. The molecule has 0 spiro atoms. The first-order valence-electron chi connectivity index (χ1n) is 5.01. The molecule has 2 unspecified atom stereocenters. The standard InChI is InChI=1S/C10H15NO2/c11-7-9-3-6-13-10(9)8-1-4-12-5-2-8/h8-10H,1-6H2. The summed E-state index contributed by atoms with van der Waals surface area (Å²) in [5.74, 6) is 0.684. The molecular weight excluding hydrogens is 166 g/mol. The zero-order chi connectivity index (χ0) is 9.10. The Bertz CT molecular complexity index is 205. The average Bonchev–Trinajstić information content (AvgIpc) is 2.67. The summed E-state index contributed by atoms with van der Waals surface area (Å²) in [6.07, 6.45) is 3.22. The quantitative estimate of drug-likeness (QED) is 0.613. The van der Waals surface area contributed by atoms with E-state index in [9.17, 15) is 0 Å². The summed E-state index contributed by atoms with van der Waals surface area (Å²) in [7, 11) is 0. The largest absolute Gasteiger partial charge is 0.381 e. The van der Waals surface area contributed by atoms with Crippen molar-refractivity contribution in [2.75, 3.05) is 19.8 Å². The lowest BCUT2D eigenvalue weighted by molar-refractivity contribution is -0.0128. The van der Waals surface area contributed by atoms with Crippen LogP contribution in [0.2, 0.25) is 0 Å². The van der Waals surface area contributed by atoms with Gasteiger partial charge in [0, 0.05) is 19.8 Å². The van der Waals surface area contributed by atoms with E-state index in [1.54, 1.807) is 0 Å². The molecule has 3 nitrogen and oxygen atoms in total. The van der Waals surface area contributed by atoms with Gasteiger partial charge >= 0.3 is 0 Å². The zero-order valence-corrected chi connectivity index (χ0v) is 7.74. The Hall–Kier alpha value is -0.590. The van der Waals surface area contributed by atoms with Crippen LogP contribution < -0.4 is 0 Å². The van der Waals surface area contributed by atoms with Crippen LogP contribution >= 0.6 is 0 Å². The lowest BCUT2D eigenvalue weighted by atomic mass is 9.86. The van der Waals surface area contributed by atoms with Crippen molar-refractivity contribution in [3.05, 3.63) is 0 Å². The summed E-state index contributed by atoms with van der Waals surface area (Å²) in [4.78, 5) is 0. The van der Waals surface area contributed by atoms with E-state index in [1.165, 1.54) is 0 Å². The summed E-state index contributed by atoms with van der Waals surface area (Å²) in [6, 6.07) is 2.35. The molecule has 2 saturated heterocycles. The van der Waals surface area contributed by atoms with E-state index < -0.39 is 0 Å². The lowest BCUT2D eigenvalue weighted by Gasteiger charge is -2.28. The van der Waals surface area contributed by atoms with Crippen LogP contribution in [0.15, 0.2) is 0 Å². The maximum atomic E-state index is 8.91. The van der Waals surface area contributed by atoms with Crippen LogP contribution in [-0.4, -0.2) is 25.9 Å². The predicted octanol–water partition coefficient (Wildman–Crippen LogP) is 1.34. The normalized spacial score (nSPS) is 35.9. The summed E-state index contributed by atoms with van der Waals surface area (Å²) < 4.78 is 10.9. The van der Waals surface area contributed by atoms with Gasteiger partial charge in [0.25, 0.3) is 0 Å². The number of hydrogen-bond donors (Lipinski definition) is 0. The number of rotatable bonds is 1. The second kappa shape index (κ2) is 4.08. The highest BCUT2D eigenvalue weighted by molar-refractivity contribution is 4.95. The molecule has 0 radical (unpaired) electrons. The van der Waals surface area contributed by atoms with Gasteiger partial charge in [-0.05, 0) is 25.2 Å². The maximum absolute atomic E-state index is 8.91. The number of hydrogen-bond acceptors (Lipinski definition) is 3. The van der Waals surface area contributed by atoms with Gasteiger partial charge in [-0.3, -0.25) is 0 Å². The third-order valence-electron chi connectivity index (χ3n) is 3.03. The Morgan fingerprint density at radius 3 is 2.54 bits per heavy atom. The molecule has 0 saturated carbocycles. The average molecular weight is 181 g/mol. The number of ether oxygens (including phenoxy) is 2. The van der Waals surface area contributed by atoms with Crippen molar-refractivity contribution in [3.63, 3.8) is 0 Å². The van der Waals surface area contributed by atoms with Gasteiger partial charge in [-0.15, -0.1) is 0 Å². The van der Waals surface area contributed by atoms with E-state index in [1.807, 2.05) is 0 Å². The Morgan fingerprint density at radius 2 is 1.85 bits per heavy atom. The SMILES string of the molecule is N#CC1CCOC1C1CCOCC1. The van der Waals surface area contributed by atoms with Gasteiger partial charge in [-0.25, -0.2) is 0 Å². The fourth-order valence-electron chi connectivity index (χ4n) is 2.26. The summed E-state index contributed by atoms with van der Waals surface area (Å²) >= 11 is 0. The molecule has 2 atom stereocenters. The predicted molar refractivity (Wildman–Crippen MR) is 47.0 cm³/mol. The van der Waals surface area contributed by atoms with Crippen molar-refractivity contribution >= 4 is 0 Å². The molecular formula is C10H15NO2. The highest BCUT2D eigenvalue weighted by atomic mass is 16.5. The zero-order valence-electron chi connectivity index (χ0n) is 7.74. The molecule has 2 aliphatic heterocycles. The van der Waals surface area contributed by atoms with Gasteiger partial charge < -0.3 is 9.47 Å². The van der Waals surface area contributed by atoms with Gasteiger partial charge in [-0.1, -0.05) is 0 Å². The van der Waals surface area contributed by atoms with E-state index in [4.69, 9.17) is 14.7 Å². The molecule has 0 aromatic heterocycles. The van der Waals surface area contributed by atoms with Crippen LogP contribution in [-0.2, 0) is 9.47 Å². The maximum Gasteiger partial charge on any atom is 0.0763 e. The molecule has 0 bridgehead atoms. The van der Waals surface area contributed by atoms with Gasteiger partial charge in [0.1, 0.15) is 0 Å². The fourth-order valence-corrected chi connectivity index (χ4v) is 2.26. The Labute approximate surface area is 78.6 Å². The van der Waals surface area contributed by atoms with Gasteiger partial charge in [0.2, 0.25) is 0 Å². The Kier molecular flexibility index (Phi) is 2.82. The highest BCUT2D eigenvalue weighted by Crippen LogP contribution is 2.31.